The smallest absolute Gasteiger partial charge is 0.287 e. The van der Waals surface area contributed by atoms with E-state index in [1.165, 1.54) is 39.0 Å². The second kappa shape index (κ2) is 5.49. The van der Waals surface area contributed by atoms with Gasteiger partial charge in [0.15, 0.2) is 5.52 Å². The van der Waals surface area contributed by atoms with E-state index in [0.29, 0.717) is 0 Å². The number of hydrogen-bond acceptors (Lipinski definition) is 2. The minimum absolute atomic E-state index is 0.865. The lowest BCUT2D eigenvalue weighted by Crippen LogP contribution is -2.31. The van der Waals surface area contributed by atoms with E-state index in [9.17, 15) is 0 Å². The Morgan fingerprint density at radius 2 is 1.75 bits per heavy atom. The molecule has 0 bridgehead atoms. The van der Waals surface area contributed by atoms with Gasteiger partial charge in [0, 0.05) is 12.0 Å². The lowest BCUT2D eigenvalue weighted by atomic mass is 9.97. The van der Waals surface area contributed by atoms with Crippen molar-refractivity contribution in [3.05, 3.63) is 83.9 Å². The Hall–Kier alpha value is -3.53. The van der Waals surface area contributed by atoms with Gasteiger partial charge in [-0.1, -0.05) is 24.3 Å². The maximum atomic E-state index is 4.86. The summed E-state index contributed by atoms with van der Waals surface area (Å²) in [6.07, 6.45) is 2.77. The summed E-state index contributed by atoms with van der Waals surface area (Å²) in [6.45, 7) is 2.20. The molecule has 3 aromatic carbocycles. The van der Waals surface area contributed by atoms with Gasteiger partial charge in [-0.15, -0.1) is 0 Å². The fraction of sp³-hybridized carbons (Fsp3) is 0.125. The maximum absolute atomic E-state index is 4.86. The summed E-state index contributed by atoms with van der Waals surface area (Å²) in [5.41, 5.74) is 9.58. The normalized spacial score (nSPS) is 12.5. The number of aryl methyl sites for hydroxylation is 2. The molecule has 0 fully saturated rings. The number of hydrogen-bond donors (Lipinski definition) is 0. The fourth-order valence-electron chi connectivity index (χ4n) is 4.49. The molecule has 0 spiro atoms. The molecule has 0 amide bonds. The zero-order chi connectivity index (χ0) is 18.8. The minimum atomic E-state index is 0.865. The molecule has 4 heteroatoms. The van der Waals surface area contributed by atoms with Crippen LogP contribution in [0.3, 0.4) is 0 Å². The summed E-state index contributed by atoms with van der Waals surface area (Å²) >= 11 is 0. The van der Waals surface area contributed by atoms with Crippen LogP contribution in [-0.2, 0) is 13.5 Å². The van der Waals surface area contributed by atoms with E-state index >= 15 is 0 Å². The second-order valence-electron chi connectivity index (χ2n) is 7.55. The van der Waals surface area contributed by atoms with Gasteiger partial charge < -0.3 is 0 Å². The molecule has 0 saturated heterocycles. The lowest BCUT2D eigenvalue weighted by molar-refractivity contribution is -0.662. The Morgan fingerprint density at radius 3 is 2.64 bits per heavy atom. The number of benzene rings is 3. The van der Waals surface area contributed by atoms with Crippen LogP contribution in [0.2, 0.25) is 0 Å². The van der Waals surface area contributed by atoms with Crippen molar-refractivity contribution < 1.29 is 4.57 Å². The van der Waals surface area contributed by atoms with Gasteiger partial charge in [0.05, 0.1) is 29.2 Å². The average Bonchev–Trinajstić information content (AvgIpc) is 3.23. The van der Waals surface area contributed by atoms with Crippen molar-refractivity contribution >= 4 is 21.9 Å². The molecule has 6 rings (SSSR count). The van der Waals surface area contributed by atoms with Crippen LogP contribution in [0.1, 0.15) is 17.0 Å². The molecule has 0 aliphatic carbocycles. The molecule has 28 heavy (non-hydrogen) atoms. The Balaban J connectivity index is 1.62. The molecule has 0 N–H and O–H groups in total. The average molecular weight is 363 g/mol. The first-order chi connectivity index (χ1) is 13.7. The first-order valence-electron chi connectivity index (χ1n) is 9.55. The van der Waals surface area contributed by atoms with Crippen molar-refractivity contribution in [2.45, 2.75) is 13.3 Å². The highest BCUT2D eigenvalue weighted by atomic mass is 15.1. The largest absolute Gasteiger partial charge is 0.296 e. The van der Waals surface area contributed by atoms with Crippen molar-refractivity contribution in [1.29, 1.82) is 0 Å². The highest BCUT2D eigenvalue weighted by Gasteiger charge is 2.25. The van der Waals surface area contributed by atoms with Crippen molar-refractivity contribution in [1.82, 2.24) is 14.5 Å². The van der Waals surface area contributed by atoms with Crippen molar-refractivity contribution in [2.75, 3.05) is 0 Å². The van der Waals surface area contributed by atoms with E-state index in [-0.39, 0.29) is 0 Å². The van der Waals surface area contributed by atoms with Crippen molar-refractivity contribution in [3.8, 4) is 16.9 Å². The molecule has 1 aliphatic heterocycles. The van der Waals surface area contributed by atoms with Crippen LogP contribution in [0, 0.1) is 6.92 Å². The quantitative estimate of drug-likeness (QED) is 0.409. The van der Waals surface area contributed by atoms with Gasteiger partial charge in [-0.2, -0.15) is 0 Å². The second-order valence-corrected chi connectivity index (χ2v) is 7.55. The molecule has 0 saturated carbocycles. The van der Waals surface area contributed by atoms with Gasteiger partial charge in [0.25, 0.3) is 6.33 Å². The van der Waals surface area contributed by atoms with Gasteiger partial charge in [0.2, 0.25) is 0 Å². The molecule has 0 atom stereocenters. The Kier molecular flexibility index (Phi) is 3.04. The maximum Gasteiger partial charge on any atom is 0.287 e. The standard InChI is InChI=1S/C24H19N4/c1-15-11-22-16(13-23-26-20-9-5-6-10-21(20)28(22)23)12-18(15)24-17-7-3-4-8-19(17)25-14-27(24)2/h3-12,14H,13H2,1-2H3/q+1. The predicted octanol–water partition coefficient (Wildman–Crippen LogP) is 4.28. The van der Waals surface area contributed by atoms with Crippen LogP contribution >= 0.6 is 0 Å². The number of aromatic nitrogens is 4. The third-order valence-electron chi connectivity index (χ3n) is 5.78. The van der Waals surface area contributed by atoms with E-state index < -0.39 is 0 Å². The Morgan fingerprint density at radius 1 is 0.964 bits per heavy atom. The molecule has 0 unspecified atom stereocenters. The first-order valence-corrected chi connectivity index (χ1v) is 9.55. The summed E-state index contributed by atoms with van der Waals surface area (Å²) in [4.78, 5) is 9.43. The van der Waals surface area contributed by atoms with Crippen molar-refractivity contribution in [2.24, 2.45) is 7.05 Å². The van der Waals surface area contributed by atoms with Crippen LogP contribution in [0.4, 0.5) is 0 Å². The van der Waals surface area contributed by atoms with Gasteiger partial charge in [-0.05, 0) is 59.4 Å². The molecule has 1 aliphatic rings. The number of nitrogens with zero attached hydrogens (tertiary/aromatic N) is 4. The Bertz CT molecular complexity index is 1410. The van der Waals surface area contributed by atoms with E-state index in [2.05, 4.69) is 82.7 Å². The van der Waals surface area contributed by atoms with Crippen LogP contribution in [-0.4, -0.2) is 14.5 Å². The SMILES string of the molecule is Cc1cc2c(cc1-c1c3ccccc3nc[n+]1C)Cc1nc3ccccc3n1-2. The molecule has 4 nitrogen and oxygen atoms in total. The van der Waals surface area contributed by atoms with Crippen LogP contribution < -0.4 is 4.57 Å². The van der Waals surface area contributed by atoms with E-state index in [1.54, 1.807) is 0 Å². The topological polar surface area (TPSA) is 34.6 Å². The van der Waals surface area contributed by atoms with Gasteiger partial charge in [0.1, 0.15) is 11.5 Å². The third-order valence-corrected chi connectivity index (χ3v) is 5.78. The zero-order valence-corrected chi connectivity index (χ0v) is 15.8. The van der Waals surface area contributed by atoms with Gasteiger partial charge in [-0.3, -0.25) is 4.57 Å². The summed E-state index contributed by atoms with van der Waals surface area (Å²) < 4.78 is 4.44. The van der Waals surface area contributed by atoms with Crippen LogP contribution in [0.5, 0.6) is 0 Å². The number of para-hydroxylation sites is 3. The first kappa shape index (κ1) is 15.5. The summed E-state index contributed by atoms with van der Waals surface area (Å²) in [6, 6.07) is 21.4. The molecule has 134 valence electrons. The monoisotopic (exact) mass is 363 g/mol. The summed E-state index contributed by atoms with van der Waals surface area (Å²) in [5, 5.41) is 1.18. The van der Waals surface area contributed by atoms with Crippen molar-refractivity contribution in [3.63, 3.8) is 0 Å². The minimum Gasteiger partial charge on any atom is -0.296 e. The number of imidazole rings is 1. The predicted molar refractivity (Wildman–Crippen MR) is 111 cm³/mol. The van der Waals surface area contributed by atoms with E-state index in [1.807, 2.05) is 12.4 Å². The van der Waals surface area contributed by atoms with Gasteiger partial charge in [-0.25, -0.2) is 9.55 Å². The van der Waals surface area contributed by atoms with Crippen LogP contribution in [0.15, 0.2) is 67.0 Å². The lowest BCUT2D eigenvalue weighted by Gasteiger charge is -2.12. The van der Waals surface area contributed by atoms with Crippen LogP contribution in [0.25, 0.3) is 38.9 Å². The van der Waals surface area contributed by atoms with E-state index in [4.69, 9.17) is 4.98 Å². The highest BCUT2D eigenvalue weighted by molar-refractivity contribution is 5.92. The summed E-state index contributed by atoms with van der Waals surface area (Å²) in [7, 11) is 2.07. The molecule has 3 heterocycles. The molecule has 2 aromatic heterocycles. The number of fused-ring (bicyclic) bond motifs is 6. The fourth-order valence-corrected chi connectivity index (χ4v) is 4.49. The molecular weight excluding hydrogens is 344 g/mol. The summed E-state index contributed by atoms with van der Waals surface area (Å²) in [5.74, 6) is 1.12. The molecule has 5 aromatic rings. The highest BCUT2D eigenvalue weighted by Crippen LogP contribution is 2.37. The number of rotatable bonds is 1. The zero-order valence-electron chi connectivity index (χ0n) is 15.8. The Labute approximate surface area is 162 Å². The third kappa shape index (κ3) is 2.03. The molecule has 0 radical (unpaired) electrons. The van der Waals surface area contributed by atoms with Gasteiger partial charge >= 0.3 is 0 Å². The van der Waals surface area contributed by atoms with E-state index in [0.717, 1.165) is 23.3 Å². The molecular formula is C24H19N4+.